The molecule has 0 aliphatic heterocycles. The van der Waals surface area contributed by atoms with Gasteiger partial charge < -0.3 is 0 Å². The van der Waals surface area contributed by atoms with Crippen molar-refractivity contribution in [2.24, 2.45) is 0 Å². The summed E-state index contributed by atoms with van der Waals surface area (Å²) in [6, 6.07) is 49.6. The molecule has 1 unspecified atom stereocenters. The zero-order valence-electron chi connectivity index (χ0n) is 31.9. The second-order valence-corrected chi connectivity index (χ2v) is 44.1. The monoisotopic (exact) mass is 816 g/mol. The molecule has 0 N–H and O–H groups in total. The molecule has 0 aromatic heterocycles. The predicted octanol–water partition coefficient (Wildman–Crippen LogP) is 12.8. The van der Waals surface area contributed by atoms with E-state index in [9.17, 15) is 0 Å². The molecule has 6 aromatic carbocycles. The Morgan fingerprint density at radius 3 is 1.63 bits per heavy atom. The van der Waals surface area contributed by atoms with Crippen LogP contribution in [0.25, 0.3) is 39.1 Å². The zero-order chi connectivity index (χ0) is 35.2. The Hall–Kier alpha value is -3.00. The molecule has 8 rings (SSSR count). The SMILES string of the molecule is CC1=Cc2c(-c3cccc4ccccc34)cccc2[CH]1[Zr]([CH3])(=[SiH2])([c]1ccccc1)[CH]1c2cc(C(C)(C)C)ccc2-c2ccc(C(C)(C)C)cc21.Cl.Cl. The minimum atomic E-state index is -4.34. The van der Waals surface area contributed by atoms with Crippen LogP contribution in [-0.4, -0.2) is 6.88 Å². The van der Waals surface area contributed by atoms with Crippen LogP contribution < -0.4 is 3.27 Å². The van der Waals surface area contributed by atoms with Crippen LogP contribution in [0.3, 0.4) is 0 Å². The van der Waals surface area contributed by atoms with Crippen molar-refractivity contribution in [1.29, 1.82) is 0 Å². The summed E-state index contributed by atoms with van der Waals surface area (Å²) in [7, 11) is 0. The molecule has 266 valence electrons. The van der Waals surface area contributed by atoms with Gasteiger partial charge in [0.15, 0.2) is 0 Å². The van der Waals surface area contributed by atoms with Crippen molar-refractivity contribution in [2.75, 3.05) is 0 Å². The van der Waals surface area contributed by atoms with Crippen LogP contribution in [0.2, 0.25) is 4.63 Å². The van der Waals surface area contributed by atoms with Crippen LogP contribution in [-0.2, 0) is 28.2 Å². The summed E-state index contributed by atoms with van der Waals surface area (Å²) in [6.07, 6.45) is 2.57. The fourth-order valence-electron chi connectivity index (χ4n) is 9.79. The maximum Gasteiger partial charge on any atom is -0.147 e. The van der Waals surface area contributed by atoms with Gasteiger partial charge >= 0.3 is 304 Å². The van der Waals surface area contributed by atoms with E-state index in [2.05, 4.69) is 193 Å². The van der Waals surface area contributed by atoms with E-state index < -0.39 is 17.4 Å². The molecule has 6 aromatic rings. The summed E-state index contributed by atoms with van der Waals surface area (Å²) >= 11 is -4.34. The average Bonchev–Trinajstić information content (AvgIpc) is 3.62. The fraction of sp³-hybridized carbons (Fsp3) is 0.250. The maximum atomic E-state index is 2.81. The van der Waals surface area contributed by atoms with Crippen molar-refractivity contribution in [2.45, 2.75) is 71.2 Å². The Balaban J connectivity index is 0.00000232. The van der Waals surface area contributed by atoms with Crippen LogP contribution in [0.4, 0.5) is 0 Å². The van der Waals surface area contributed by atoms with E-state index in [1.807, 2.05) is 0 Å². The van der Waals surface area contributed by atoms with Gasteiger partial charge in [0.1, 0.15) is 0 Å². The van der Waals surface area contributed by atoms with Crippen molar-refractivity contribution in [3.05, 3.63) is 166 Å². The summed E-state index contributed by atoms with van der Waals surface area (Å²) in [4.78, 5) is 0. The van der Waals surface area contributed by atoms with Crippen LogP contribution in [0.15, 0.2) is 133 Å². The van der Waals surface area contributed by atoms with Gasteiger partial charge in [0.05, 0.1) is 0 Å². The second-order valence-electron chi connectivity index (χ2n) is 17.8. The van der Waals surface area contributed by atoms with E-state index in [0.717, 1.165) is 0 Å². The van der Waals surface area contributed by atoms with E-state index in [1.165, 1.54) is 60.9 Å². The van der Waals surface area contributed by atoms with Crippen LogP contribution in [0, 0.1) is 0 Å². The summed E-state index contributed by atoms with van der Waals surface area (Å²) in [5.41, 5.74) is 16.1. The number of hydrogen-bond acceptors (Lipinski definition) is 0. The van der Waals surface area contributed by atoms with Gasteiger partial charge in [-0.2, -0.15) is 0 Å². The molecule has 0 bridgehead atoms. The molecule has 0 saturated carbocycles. The first-order valence-corrected chi connectivity index (χ1v) is 30.8. The van der Waals surface area contributed by atoms with Gasteiger partial charge in [-0.3, -0.25) is 0 Å². The predicted molar refractivity (Wildman–Crippen MR) is 232 cm³/mol. The number of hydrogen-bond donors (Lipinski definition) is 0. The van der Waals surface area contributed by atoms with E-state index in [4.69, 9.17) is 0 Å². The normalized spacial score (nSPS) is 15.6. The van der Waals surface area contributed by atoms with Gasteiger partial charge in [-0.25, -0.2) is 0 Å². The molecule has 4 heteroatoms. The molecular formula is C48H52Cl2SiZr. The maximum absolute atomic E-state index is 4.34. The van der Waals surface area contributed by atoms with Gasteiger partial charge in [0, 0.05) is 0 Å². The average molecular weight is 819 g/mol. The van der Waals surface area contributed by atoms with E-state index in [-0.39, 0.29) is 35.6 Å². The molecule has 2 aliphatic rings. The van der Waals surface area contributed by atoms with Gasteiger partial charge in [0.25, 0.3) is 0 Å². The summed E-state index contributed by atoms with van der Waals surface area (Å²) in [5.74, 6) is 0. The number of allylic oxidation sites excluding steroid dienone is 1. The van der Waals surface area contributed by atoms with Gasteiger partial charge in [-0.1, -0.05) is 0 Å². The molecule has 2 aliphatic carbocycles. The molecule has 0 radical (unpaired) electrons. The molecule has 0 nitrogen and oxygen atoms in total. The molecule has 0 heterocycles. The summed E-state index contributed by atoms with van der Waals surface area (Å²) in [6.45, 7) is 19.1. The van der Waals surface area contributed by atoms with E-state index in [0.29, 0.717) is 7.25 Å². The third-order valence-corrected chi connectivity index (χ3v) is 35.8. The first-order valence-electron chi connectivity index (χ1n) is 18.4. The molecule has 0 spiro atoms. The summed E-state index contributed by atoms with van der Waals surface area (Å²) < 4.78 is 5.11. The Kier molecular flexibility index (Phi) is 9.97. The first kappa shape index (κ1) is 38.7. The number of halogens is 2. The Bertz CT molecular complexity index is 2380. The Morgan fingerprint density at radius 2 is 1.04 bits per heavy atom. The van der Waals surface area contributed by atoms with Crippen molar-refractivity contribution < 1.29 is 17.4 Å². The zero-order valence-corrected chi connectivity index (χ0v) is 37.4. The van der Waals surface area contributed by atoms with Gasteiger partial charge in [-0.15, -0.1) is 24.8 Å². The largest absolute Gasteiger partial charge is 0.147 e. The third-order valence-electron chi connectivity index (χ3n) is 12.3. The number of benzene rings is 6. The minimum absolute atomic E-state index is 0. The molecule has 1 atom stereocenters. The van der Waals surface area contributed by atoms with Crippen LogP contribution in [0.1, 0.15) is 89.1 Å². The van der Waals surface area contributed by atoms with Crippen LogP contribution in [0.5, 0.6) is 0 Å². The van der Waals surface area contributed by atoms with Gasteiger partial charge in [0.2, 0.25) is 0 Å². The van der Waals surface area contributed by atoms with Crippen molar-refractivity contribution in [3.8, 4) is 22.3 Å². The summed E-state index contributed by atoms with van der Waals surface area (Å²) in [5, 5.41) is 2.62. The molecular weight excluding hydrogens is 767 g/mol. The quantitative estimate of drug-likeness (QED) is 0.155. The Morgan fingerprint density at radius 1 is 0.519 bits per heavy atom. The van der Waals surface area contributed by atoms with Crippen LogP contribution >= 0.6 is 24.8 Å². The molecule has 0 fully saturated rings. The number of fused-ring (bicyclic) bond motifs is 5. The van der Waals surface area contributed by atoms with E-state index >= 15 is 0 Å². The smallest absolute Gasteiger partial charge is 0.147 e. The van der Waals surface area contributed by atoms with Crippen molar-refractivity contribution in [3.63, 3.8) is 0 Å². The fourth-order valence-corrected chi connectivity index (χ4v) is 33.8. The molecule has 52 heavy (non-hydrogen) atoms. The van der Waals surface area contributed by atoms with Gasteiger partial charge in [-0.05, 0) is 0 Å². The first-order chi connectivity index (χ1) is 23.7. The topological polar surface area (TPSA) is 0 Å². The van der Waals surface area contributed by atoms with Crippen molar-refractivity contribution >= 4 is 51.8 Å². The minimum Gasteiger partial charge on any atom is -0.147 e. The third kappa shape index (κ3) is 5.88. The van der Waals surface area contributed by atoms with E-state index in [1.54, 1.807) is 14.4 Å². The van der Waals surface area contributed by atoms with Crippen molar-refractivity contribution in [1.82, 2.24) is 0 Å². The second kappa shape index (κ2) is 13.4. The molecule has 0 saturated heterocycles. The Labute approximate surface area is 326 Å². The number of rotatable bonds is 4. The molecule has 0 amide bonds. The standard InChI is InChI=1S/C21H25.C20H15.C6H5.CH3.2ClH.H2Si.Zr/c1-20(2,3)16-7-9-18-14(12-16)11-15-13-17(21(4,5)6)8-10-19(15)18;1-14-12-16-8-5-11-19(20(16)13-14)18-10-4-7-15-6-2-3-9-17(15)18;1-2-4-6-5-3-1;;;;;/h7-13H,1-6H3;2-13H,1H3;1-5H;1H3;2*1H;1H2;.